The van der Waals surface area contributed by atoms with Gasteiger partial charge in [-0.1, -0.05) is 0 Å². The van der Waals surface area contributed by atoms with Gasteiger partial charge in [-0.05, 0) is 39.3 Å². The largest absolute Gasteiger partial charge is 0.444 e. The van der Waals surface area contributed by atoms with Crippen LogP contribution in [0, 0.1) is 0 Å². The van der Waals surface area contributed by atoms with Crippen molar-refractivity contribution in [1.82, 2.24) is 19.8 Å². The predicted molar refractivity (Wildman–Crippen MR) is 107 cm³/mol. The Morgan fingerprint density at radius 3 is 2.59 bits per heavy atom. The lowest BCUT2D eigenvalue weighted by molar-refractivity contribution is -0.126. The van der Waals surface area contributed by atoms with Crippen LogP contribution in [0.5, 0.6) is 0 Å². The van der Waals surface area contributed by atoms with E-state index in [0.717, 1.165) is 6.42 Å². The van der Waals surface area contributed by atoms with Crippen molar-refractivity contribution >= 4 is 29.8 Å². The van der Waals surface area contributed by atoms with E-state index in [0.29, 0.717) is 43.5 Å². The number of likely N-dealkylation sites (tertiary alicyclic amines) is 1. The van der Waals surface area contributed by atoms with E-state index < -0.39 is 5.60 Å². The molecule has 2 saturated heterocycles. The number of likely N-dealkylation sites (N-methyl/N-ethyl adjacent to an activating group) is 1. The van der Waals surface area contributed by atoms with Crippen LogP contribution in [-0.2, 0) is 14.3 Å². The molecule has 156 valence electrons. The SMILES string of the molecule is CN1C(=O)CC(=O)/C1=C/c1ccnc(N2CCCN(C(=O)OC(C)(C)C)CC2)n1. The molecule has 9 heteroatoms. The third kappa shape index (κ3) is 5.10. The summed E-state index contributed by atoms with van der Waals surface area (Å²) in [6.07, 6.45) is 3.60. The Hall–Kier alpha value is -2.97. The number of carbonyl (C=O) groups excluding carboxylic acids is 3. The van der Waals surface area contributed by atoms with E-state index in [-0.39, 0.29) is 24.2 Å². The van der Waals surface area contributed by atoms with Crippen LogP contribution in [0.25, 0.3) is 6.08 Å². The Morgan fingerprint density at radius 1 is 1.17 bits per heavy atom. The van der Waals surface area contributed by atoms with Gasteiger partial charge in [-0.15, -0.1) is 0 Å². The van der Waals surface area contributed by atoms with Gasteiger partial charge in [0.1, 0.15) is 5.60 Å². The third-order valence-corrected chi connectivity index (χ3v) is 4.71. The lowest BCUT2D eigenvalue weighted by atomic mass is 10.2. The van der Waals surface area contributed by atoms with Gasteiger partial charge in [0.25, 0.3) is 0 Å². The molecule has 29 heavy (non-hydrogen) atoms. The predicted octanol–water partition coefficient (Wildman–Crippen LogP) is 1.70. The maximum Gasteiger partial charge on any atom is 0.410 e. The number of hydrogen-bond donors (Lipinski definition) is 0. The minimum atomic E-state index is -0.528. The lowest BCUT2D eigenvalue weighted by Crippen LogP contribution is -2.39. The molecule has 2 amide bonds. The number of nitrogens with zero attached hydrogens (tertiary/aromatic N) is 5. The topological polar surface area (TPSA) is 95.9 Å². The van der Waals surface area contributed by atoms with Gasteiger partial charge in [-0.3, -0.25) is 9.59 Å². The zero-order valence-electron chi connectivity index (χ0n) is 17.3. The van der Waals surface area contributed by atoms with Crippen molar-refractivity contribution in [2.45, 2.75) is 39.2 Å². The molecule has 0 atom stereocenters. The van der Waals surface area contributed by atoms with E-state index in [9.17, 15) is 14.4 Å². The number of rotatable bonds is 2. The van der Waals surface area contributed by atoms with Crippen molar-refractivity contribution in [3.8, 4) is 0 Å². The molecular weight excluding hydrogens is 374 g/mol. The summed E-state index contributed by atoms with van der Waals surface area (Å²) in [4.78, 5) is 50.0. The molecule has 3 rings (SSSR count). The average Bonchev–Trinajstić information content (AvgIpc) is 2.84. The second-order valence-electron chi connectivity index (χ2n) is 8.17. The number of hydrogen-bond acceptors (Lipinski definition) is 7. The number of allylic oxidation sites excluding steroid dienone is 1. The van der Waals surface area contributed by atoms with E-state index in [1.54, 1.807) is 30.3 Å². The number of carbonyl (C=O) groups is 3. The molecule has 0 N–H and O–H groups in total. The number of amides is 2. The number of ether oxygens (including phenoxy) is 1. The highest BCUT2D eigenvalue weighted by Crippen LogP contribution is 2.20. The zero-order chi connectivity index (χ0) is 21.2. The Kier molecular flexibility index (Phi) is 5.86. The lowest BCUT2D eigenvalue weighted by Gasteiger charge is -2.26. The Bertz CT molecular complexity index is 846. The number of ketones is 1. The van der Waals surface area contributed by atoms with Crippen molar-refractivity contribution in [2.75, 3.05) is 38.1 Å². The molecule has 0 bridgehead atoms. The summed E-state index contributed by atoms with van der Waals surface area (Å²) in [5.74, 6) is 0.107. The third-order valence-electron chi connectivity index (χ3n) is 4.71. The quantitative estimate of drug-likeness (QED) is 0.550. The van der Waals surface area contributed by atoms with Gasteiger partial charge in [0.05, 0.1) is 17.8 Å². The monoisotopic (exact) mass is 401 g/mol. The highest BCUT2D eigenvalue weighted by atomic mass is 16.6. The molecule has 3 heterocycles. The van der Waals surface area contributed by atoms with E-state index in [2.05, 4.69) is 9.97 Å². The Balaban J connectivity index is 1.70. The molecule has 9 nitrogen and oxygen atoms in total. The van der Waals surface area contributed by atoms with Crippen molar-refractivity contribution in [3.05, 3.63) is 23.7 Å². The molecule has 2 aliphatic rings. The fraction of sp³-hybridized carbons (Fsp3) is 0.550. The van der Waals surface area contributed by atoms with Crippen LogP contribution < -0.4 is 4.90 Å². The maximum atomic E-state index is 12.3. The fourth-order valence-electron chi connectivity index (χ4n) is 3.21. The molecular formula is C20H27N5O4. The Labute approximate surface area is 170 Å². The summed E-state index contributed by atoms with van der Waals surface area (Å²) in [6.45, 7) is 7.96. The van der Waals surface area contributed by atoms with Gasteiger partial charge in [0.2, 0.25) is 11.9 Å². The van der Waals surface area contributed by atoms with Crippen LogP contribution in [0.4, 0.5) is 10.7 Å². The molecule has 0 radical (unpaired) electrons. The molecule has 0 aliphatic carbocycles. The van der Waals surface area contributed by atoms with Gasteiger partial charge in [0, 0.05) is 39.4 Å². The zero-order valence-corrected chi connectivity index (χ0v) is 17.3. The molecule has 2 aliphatic heterocycles. The van der Waals surface area contributed by atoms with E-state index in [4.69, 9.17) is 4.74 Å². The van der Waals surface area contributed by atoms with Gasteiger partial charge in [-0.2, -0.15) is 0 Å². The standard InChI is InChI=1S/C20H27N5O4/c1-20(2,3)29-19(28)25-9-5-8-24(10-11-25)18-21-7-6-14(22-18)12-15-16(26)13-17(27)23(15)4/h6-7,12H,5,8-11,13H2,1-4H3/b15-12-. The highest BCUT2D eigenvalue weighted by Gasteiger charge is 2.30. The summed E-state index contributed by atoms with van der Waals surface area (Å²) in [7, 11) is 1.58. The first-order chi connectivity index (χ1) is 13.6. The molecule has 0 saturated carbocycles. The van der Waals surface area contributed by atoms with Crippen LogP contribution in [0.15, 0.2) is 18.0 Å². The summed E-state index contributed by atoms with van der Waals surface area (Å²) < 4.78 is 5.46. The van der Waals surface area contributed by atoms with Gasteiger partial charge in [-0.25, -0.2) is 14.8 Å². The first-order valence-corrected chi connectivity index (χ1v) is 9.71. The molecule has 1 aromatic heterocycles. The average molecular weight is 401 g/mol. The van der Waals surface area contributed by atoms with Crippen LogP contribution in [0.3, 0.4) is 0 Å². The van der Waals surface area contributed by atoms with Crippen molar-refractivity contribution in [1.29, 1.82) is 0 Å². The second kappa shape index (κ2) is 8.18. The van der Waals surface area contributed by atoms with Gasteiger partial charge < -0.3 is 19.4 Å². The molecule has 0 spiro atoms. The second-order valence-corrected chi connectivity index (χ2v) is 8.17. The first-order valence-electron chi connectivity index (χ1n) is 9.71. The van der Waals surface area contributed by atoms with Gasteiger partial charge >= 0.3 is 6.09 Å². The summed E-state index contributed by atoms with van der Waals surface area (Å²) in [5.41, 5.74) is 0.375. The Morgan fingerprint density at radius 2 is 1.93 bits per heavy atom. The van der Waals surface area contributed by atoms with Crippen molar-refractivity contribution in [2.24, 2.45) is 0 Å². The molecule has 0 aromatic carbocycles. The van der Waals surface area contributed by atoms with E-state index in [1.165, 1.54) is 4.90 Å². The van der Waals surface area contributed by atoms with Crippen molar-refractivity contribution < 1.29 is 19.1 Å². The van der Waals surface area contributed by atoms with E-state index in [1.807, 2.05) is 25.7 Å². The van der Waals surface area contributed by atoms with Crippen LogP contribution in [0.2, 0.25) is 0 Å². The van der Waals surface area contributed by atoms with Crippen molar-refractivity contribution in [3.63, 3.8) is 0 Å². The summed E-state index contributed by atoms with van der Waals surface area (Å²) in [6, 6.07) is 1.70. The molecule has 2 fully saturated rings. The number of anilines is 1. The molecule has 0 unspecified atom stereocenters. The summed E-state index contributed by atoms with van der Waals surface area (Å²) in [5, 5.41) is 0. The highest BCUT2D eigenvalue weighted by molar-refractivity contribution is 6.16. The normalized spacial score (nSPS) is 19.7. The van der Waals surface area contributed by atoms with Crippen LogP contribution >= 0.6 is 0 Å². The van der Waals surface area contributed by atoms with E-state index >= 15 is 0 Å². The van der Waals surface area contributed by atoms with Crippen LogP contribution in [-0.4, -0.2) is 76.4 Å². The molecule has 1 aromatic rings. The minimum Gasteiger partial charge on any atom is -0.444 e. The fourth-order valence-corrected chi connectivity index (χ4v) is 3.21. The summed E-state index contributed by atoms with van der Waals surface area (Å²) >= 11 is 0. The maximum absolute atomic E-state index is 12.3. The van der Waals surface area contributed by atoms with Crippen LogP contribution in [0.1, 0.15) is 39.3 Å². The minimum absolute atomic E-state index is 0.104. The first kappa shape index (κ1) is 20.8. The number of Topliss-reactive ketones (excluding diaryl/α,β-unsaturated/α-hetero) is 1. The number of aromatic nitrogens is 2. The van der Waals surface area contributed by atoms with Gasteiger partial charge in [0.15, 0.2) is 5.78 Å². The smallest absolute Gasteiger partial charge is 0.410 e.